The fraction of sp³-hybridized carbons (Fsp3) is 0.133. The van der Waals surface area contributed by atoms with Crippen LogP contribution in [0.5, 0.6) is 0 Å². The summed E-state index contributed by atoms with van der Waals surface area (Å²) < 4.78 is 24.8. The third-order valence-electron chi connectivity index (χ3n) is 2.82. The Bertz CT molecular complexity index is 794. The van der Waals surface area contributed by atoms with Gasteiger partial charge in [0.25, 0.3) is 0 Å². The molecule has 0 atom stereocenters. The van der Waals surface area contributed by atoms with Crippen LogP contribution in [-0.4, -0.2) is 8.42 Å². The molecule has 0 spiro atoms. The zero-order valence-corrected chi connectivity index (χ0v) is 12.8. The minimum Gasteiger partial charge on any atom is -0.218 e. The molecule has 1 aromatic heterocycles. The van der Waals surface area contributed by atoms with Crippen LogP contribution < -0.4 is 0 Å². The molecule has 0 N–H and O–H groups in total. The standard InChI is InChI=1S/C15H13NO2S2/c1-11-8-13(12(2)19-11)9-15(10-16)20(17,18)14-6-4-3-5-7-14/h3-9H,1-2H3/b15-9-. The predicted molar refractivity (Wildman–Crippen MR) is 81.0 cm³/mol. The number of hydrogen-bond acceptors (Lipinski definition) is 4. The Morgan fingerprint density at radius 3 is 2.40 bits per heavy atom. The summed E-state index contributed by atoms with van der Waals surface area (Å²) in [7, 11) is -3.75. The molecule has 0 saturated carbocycles. The quantitative estimate of drug-likeness (QED) is 0.812. The van der Waals surface area contributed by atoms with Gasteiger partial charge in [-0.25, -0.2) is 8.42 Å². The second kappa shape index (κ2) is 5.61. The molecule has 0 amide bonds. The fourth-order valence-corrected chi connectivity index (χ4v) is 3.91. The van der Waals surface area contributed by atoms with Gasteiger partial charge in [0.2, 0.25) is 9.84 Å². The Hall–Kier alpha value is -1.90. The second-order valence-electron chi connectivity index (χ2n) is 4.31. The molecule has 0 aliphatic carbocycles. The fourth-order valence-electron chi connectivity index (χ4n) is 1.83. The minimum absolute atomic E-state index is 0.136. The van der Waals surface area contributed by atoms with Crippen molar-refractivity contribution < 1.29 is 8.42 Å². The van der Waals surface area contributed by atoms with Crippen LogP contribution in [-0.2, 0) is 9.84 Å². The summed E-state index contributed by atoms with van der Waals surface area (Å²) in [4.78, 5) is 1.99. The monoisotopic (exact) mass is 303 g/mol. The molecule has 0 aliphatic heterocycles. The maximum absolute atomic E-state index is 12.4. The molecule has 0 saturated heterocycles. The van der Waals surface area contributed by atoms with E-state index in [9.17, 15) is 13.7 Å². The molecule has 102 valence electrons. The summed E-state index contributed by atoms with van der Waals surface area (Å²) in [5.41, 5.74) is 0.781. The number of aryl methyl sites for hydroxylation is 2. The van der Waals surface area contributed by atoms with Gasteiger partial charge in [0, 0.05) is 9.75 Å². The van der Waals surface area contributed by atoms with E-state index in [-0.39, 0.29) is 9.80 Å². The zero-order valence-electron chi connectivity index (χ0n) is 11.1. The van der Waals surface area contributed by atoms with Gasteiger partial charge in [-0.05, 0) is 43.7 Å². The Labute approximate surface area is 122 Å². The van der Waals surface area contributed by atoms with Gasteiger partial charge in [-0.1, -0.05) is 18.2 Å². The van der Waals surface area contributed by atoms with E-state index in [1.54, 1.807) is 35.6 Å². The molecule has 0 radical (unpaired) electrons. The number of hydrogen-bond donors (Lipinski definition) is 0. The first-order valence-corrected chi connectivity index (χ1v) is 8.24. The summed E-state index contributed by atoms with van der Waals surface area (Å²) in [5.74, 6) is 0. The highest BCUT2D eigenvalue weighted by Crippen LogP contribution is 2.26. The van der Waals surface area contributed by atoms with Crippen LogP contribution in [0.4, 0.5) is 0 Å². The average Bonchev–Trinajstić information content (AvgIpc) is 2.75. The first-order chi connectivity index (χ1) is 9.45. The number of nitrogens with zero attached hydrogens (tertiary/aromatic N) is 1. The zero-order chi connectivity index (χ0) is 14.8. The van der Waals surface area contributed by atoms with Gasteiger partial charge in [0.15, 0.2) is 0 Å². The lowest BCUT2D eigenvalue weighted by atomic mass is 10.2. The number of rotatable bonds is 3. The Balaban J connectivity index is 2.54. The van der Waals surface area contributed by atoms with E-state index in [1.807, 2.05) is 19.9 Å². The van der Waals surface area contributed by atoms with Crippen LogP contribution in [0.25, 0.3) is 6.08 Å². The van der Waals surface area contributed by atoms with Crippen LogP contribution >= 0.6 is 11.3 Å². The van der Waals surface area contributed by atoms with Crippen molar-refractivity contribution in [3.05, 3.63) is 56.6 Å². The van der Waals surface area contributed by atoms with Crippen molar-refractivity contribution in [3.63, 3.8) is 0 Å². The maximum atomic E-state index is 12.4. The molecule has 0 unspecified atom stereocenters. The molecular weight excluding hydrogens is 290 g/mol. The number of thiophene rings is 1. The molecule has 1 heterocycles. The molecular formula is C15H13NO2S2. The second-order valence-corrected chi connectivity index (χ2v) is 7.68. The van der Waals surface area contributed by atoms with Gasteiger partial charge in [0.05, 0.1) is 4.90 Å². The van der Waals surface area contributed by atoms with Crippen molar-refractivity contribution in [1.82, 2.24) is 0 Å². The van der Waals surface area contributed by atoms with E-state index in [4.69, 9.17) is 0 Å². The Morgan fingerprint density at radius 1 is 1.25 bits per heavy atom. The van der Waals surface area contributed by atoms with Gasteiger partial charge < -0.3 is 0 Å². The lowest BCUT2D eigenvalue weighted by Crippen LogP contribution is -2.03. The van der Waals surface area contributed by atoms with Crippen molar-refractivity contribution in [2.75, 3.05) is 0 Å². The topological polar surface area (TPSA) is 57.9 Å². The molecule has 0 aliphatic rings. The van der Waals surface area contributed by atoms with Crippen molar-refractivity contribution >= 4 is 27.3 Å². The van der Waals surface area contributed by atoms with E-state index in [2.05, 4.69) is 0 Å². The third kappa shape index (κ3) is 2.82. The van der Waals surface area contributed by atoms with Gasteiger partial charge in [0.1, 0.15) is 11.0 Å². The van der Waals surface area contributed by atoms with Crippen molar-refractivity contribution in [3.8, 4) is 6.07 Å². The summed E-state index contributed by atoms with van der Waals surface area (Å²) in [6, 6.07) is 11.7. The highest BCUT2D eigenvalue weighted by Gasteiger charge is 2.20. The third-order valence-corrected chi connectivity index (χ3v) is 5.48. The number of benzene rings is 1. The van der Waals surface area contributed by atoms with Crippen molar-refractivity contribution in [2.24, 2.45) is 0 Å². The van der Waals surface area contributed by atoms with Gasteiger partial charge in [-0.2, -0.15) is 5.26 Å². The smallest absolute Gasteiger partial charge is 0.216 e. The first-order valence-electron chi connectivity index (χ1n) is 5.94. The lowest BCUT2D eigenvalue weighted by molar-refractivity contribution is 0.603. The van der Waals surface area contributed by atoms with Crippen LogP contribution in [0.2, 0.25) is 0 Å². The highest BCUT2D eigenvalue weighted by atomic mass is 32.2. The van der Waals surface area contributed by atoms with E-state index >= 15 is 0 Å². The summed E-state index contributed by atoms with van der Waals surface area (Å²) >= 11 is 1.58. The molecule has 5 heteroatoms. The van der Waals surface area contributed by atoms with Gasteiger partial charge in [-0.15, -0.1) is 11.3 Å². The Kier molecular flexibility index (Phi) is 4.07. The van der Waals surface area contributed by atoms with E-state index in [1.165, 1.54) is 18.2 Å². The number of sulfone groups is 1. The van der Waals surface area contributed by atoms with E-state index < -0.39 is 9.84 Å². The SMILES string of the molecule is Cc1cc(/C=C(/C#N)S(=O)(=O)c2ccccc2)c(C)s1. The molecule has 2 rings (SSSR count). The van der Waals surface area contributed by atoms with E-state index in [0.29, 0.717) is 0 Å². The van der Waals surface area contributed by atoms with Gasteiger partial charge in [-0.3, -0.25) is 0 Å². The van der Waals surface area contributed by atoms with Crippen molar-refractivity contribution in [1.29, 1.82) is 5.26 Å². The van der Waals surface area contributed by atoms with Crippen LogP contribution in [0.1, 0.15) is 15.3 Å². The predicted octanol–water partition coefficient (Wildman–Crippen LogP) is 3.70. The molecule has 0 bridgehead atoms. The summed E-state index contributed by atoms with van der Waals surface area (Å²) in [6.45, 7) is 3.86. The number of allylic oxidation sites excluding steroid dienone is 1. The van der Waals surface area contributed by atoms with E-state index in [0.717, 1.165) is 15.3 Å². The molecule has 20 heavy (non-hydrogen) atoms. The minimum atomic E-state index is -3.75. The average molecular weight is 303 g/mol. The molecule has 2 aromatic rings. The first kappa shape index (κ1) is 14.5. The Morgan fingerprint density at radius 2 is 1.90 bits per heavy atom. The molecule has 1 aromatic carbocycles. The normalized spacial score (nSPS) is 12.2. The number of nitriles is 1. The largest absolute Gasteiger partial charge is 0.218 e. The van der Waals surface area contributed by atoms with Crippen LogP contribution in [0, 0.1) is 25.2 Å². The summed E-state index contributed by atoms with van der Waals surface area (Å²) in [6.07, 6.45) is 1.45. The van der Waals surface area contributed by atoms with Crippen LogP contribution in [0.15, 0.2) is 46.2 Å². The molecule has 0 fully saturated rings. The van der Waals surface area contributed by atoms with Crippen molar-refractivity contribution in [2.45, 2.75) is 18.7 Å². The summed E-state index contributed by atoms with van der Waals surface area (Å²) in [5, 5.41) is 9.19. The molecule has 3 nitrogen and oxygen atoms in total. The van der Waals surface area contributed by atoms with Crippen LogP contribution in [0.3, 0.4) is 0 Å². The highest BCUT2D eigenvalue weighted by molar-refractivity contribution is 7.95. The maximum Gasteiger partial charge on any atom is 0.216 e. The lowest BCUT2D eigenvalue weighted by Gasteiger charge is -2.02. The van der Waals surface area contributed by atoms with Gasteiger partial charge >= 0.3 is 0 Å².